The van der Waals surface area contributed by atoms with Gasteiger partial charge in [-0.3, -0.25) is 15.0 Å². The van der Waals surface area contributed by atoms with E-state index in [9.17, 15) is 9.59 Å². The van der Waals surface area contributed by atoms with Gasteiger partial charge in [0.1, 0.15) is 11.9 Å². The predicted octanol–water partition coefficient (Wildman–Crippen LogP) is 3.74. The van der Waals surface area contributed by atoms with Crippen molar-refractivity contribution in [1.29, 1.82) is 5.41 Å². The molecule has 7 heteroatoms. The van der Waals surface area contributed by atoms with E-state index < -0.39 is 0 Å². The minimum atomic E-state index is -0.0182. The smallest absolute Gasteiger partial charge is 0.309 e. The number of nitrogens with two attached hydrogens (primary N) is 1. The second kappa shape index (κ2) is 11.0. The van der Waals surface area contributed by atoms with Crippen molar-refractivity contribution in [2.24, 2.45) is 17.6 Å². The van der Waals surface area contributed by atoms with Crippen molar-refractivity contribution in [2.75, 3.05) is 18.0 Å². The fourth-order valence-corrected chi connectivity index (χ4v) is 5.49. The van der Waals surface area contributed by atoms with Crippen molar-refractivity contribution >= 4 is 23.4 Å². The summed E-state index contributed by atoms with van der Waals surface area (Å²) >= 11 is 0. The zero-order chi connectivity index (χ0) is 23.2. The number of ether oxygens (including phenoxy) is 1. The number of benzene rings is 1. The van der Waals surface area contributed by atoms with E-state index in [-0.39, 0.29) is 41.7 Å². The summed E-state index contributed by atoms with van der Waals surface area (Å²) in [6, 6.07) is 7.91. The van der Waals surface area contributed by atoms with Gasteiger partial charge in [-0.25, -0.2) is 0 Å². The van der Waals surface area contributed by atoms with Crippen LogP contribution in [0.3, 0.4) is 0 Å². The Balaban J connectivity index is 1.17. The fraction of sp³-hybridized carbons (Fsp3) is 0.654. The fourth-order valence-electron chi connectivity index (χ4n) is 5.49. The van der Waals surface area contributed by atoms with Gasteiger partial charge in [-0.05, 0) is 88.5 Å². The maximum Gasteiger partial charge on any atom is 0.309 e. The van der Waals surface area contributed by atoms with E-state index >= 15 is 0 Å². The van der Waals surface area contributed by atoms with E-state index in [1.807, 2.05) is 24.3 Å². The van der Waals surface area contributed by atoms with Gasteiger partial charge in [-0.1, -0.05) is 6.42 Å². The van der Waals surface area contributed by atoms with Crippen LogP contribution in [0.1, 0.15) is 76.2 Å². The van der Waals surface area contributed by atoms with Crippen molar-refractivity contribution in [3.63, 3.8) is 0 Å². The molecule has 2 saturated carbocycles. The van der Waals surface area contributed by atoms with Crippen LogP contribution in [-0.4, -0.2) is 42.9 Å². The maximum atomic E-state index is 12.8. The van der Waals surface area contributed by atoms with Crippen molar-refractivity contribution < 1.29 is 14.3 Å². The second-order valence-electron chi connectivity index (χ2n) is 9.98. The Morgan fingerprint density at radius 2 is 1.52 bits per heavy atom. The lowest BCUT2D eigenvalue weighted by Crippen LogP contribution is -2.45. The van der Waals surface area contributed by atoms with Gasteiger partial charge in [-0.15, -0.1) is 0 Å². The molecule has 3 aliphatic rings. The lowest BCUT2D eigenvalue weighted by atomic mass is 9.85. The molecule has 7 nitrogen and oxygen atoms in total. The Kier molecular flexibility index (Phi) is 7.89. The summed E-state index contributed by atoms with van der Waals surface area (Å²) in [7, 11) is 0. The highest BCUT2D eigenvalue weighted by molar-refractivity contribution is 5.95. The van der Waals surface area contributed by atoms with Crippen LogP contribution in [0.25, 0.3) is 0 Å². The summed E-state index contributed by atoms with van der Waals surface area (Å²) < 4.78 is 5.76. The zero-order valence-corrected chi connectivity index (χ0v) is 19.6. The van der Waals surface area contributed by atoms with E-state index in [0.717, 1.165) is 75.7 Å². The number of hydrogen-bond acceptors (Lipinski definition) is 5. The number of amides is 1. The molecule has 0 bridgehead atoms. The first-order valence-corrected chi connectivity index (χ1v) is 12.7. The van der Waals surface area contributed by atoms with Gasteiger partial charge in [-0.2, -0.15) is 0 Å². The number of anilines is 1. The molecule has 1 heterocycles. The summed E-state index contributed by atoms with van der Waals surface area (Å²) in [4.78, 5) is 27.6. The monoisotopic (exact) mass is 454 g/mol. The number of rotatable bonds is 6. The predicted molar refractivity (Wildman–Crippen MR) is 129 cm³/mol. The molecular weight excluding hydrogens is 416 g/mol. The Morgan fingerprint density at radius 1 is 0.879 bits per heavy atom. The highest BCUT2D eigenvalue weighted by atomic mass is 16.5. The average molecular weight is 455 g/mol. The van der Waals surface area contributed by atoms with Gasteiger partial charge in [0, 0.05) is 36.3 Å². The molecule has 2 aliphatic carbocycles. The molecule has 0 atom stereocenters. The standard InChI is InChI=1S/C26H38N4O3/c27-24(28)18-8-12-22(13-9-18)30-16-14-19(15-17-30)25(31)29-21-10-6-20(7-11-21)26(32)33-23-4-2-1-3-5-23/h8-9,12-13,19-21,23H,1-7,10-11,14-17H2,(H3,27,28)(H,29,31). The molecule has 1 aromatic rings. The molecular formula is C26H38N4O3. The SMILES string of the molecule is N=C(N)c1ccc(N2CCC(C(=O)NC3CCC(C(=O)OC4CCCCC4)CC3)CC2)cc1. The molecule has 0 aromatic heterocycles. The Bertz CT molecular complexity index is 818. The number of nitrogens with zero attached hydrogens (tertiary/aromatic N) is 1. The van der Waals surface area contributed by atoms with E-state index in [1.54, 1.807) is 0 Å². The minimum absolute atomic E-state index is 0.00212. The van der Waals surface area contributed by atoms with Crippen molar-refractivity contribution in [3.05, 3.63) is 29.8 Å². The van der Waals surface area contributed by atoms with Crippen LogP contribution in [0.2, 0.25) is 0 Å². The lowest BCUT2D eigenvalue weighted by molar-refractivity contribution is -0.156. The Morgan fingerprint density at radius 3 is 2.12 bits per heavy atom. The number of carbonyl (C=O) groups excluding carboxylic acids is 2. The molecule has 1 aromatic carbocycles. The molecule has 1 aliphatic heterocycles. The molecule has 1 saturated heterocycles. The second-order valence-corrected chi connectivity index (χ2v) is 9.98. The molecule has 1 amide bonds. The highest BCUT2D eigenvalue weighted by Crippen LogP contribution is 2.29. The van der Waals surface area contributed by atoms with Crippen molar-refractivity contribution in [3.8, 4) is 0 Å². The summed E-state index contributed by atoms with van der Waals surface area (Å²) in [5.41, 5.74) is 7.37. The van der Waals surface area contributed by atoms with Crippen LogP contribution < -0.4 is 16.0 Å². The molecule has 0 spiro atoms. The topological polar surface area (TPSA) is 109 Å². The number of carbonyl (C=O) groups is 2. The lowest BCUT2D eigenvalue weighted by Gasteiger charge is -2.35. The van der Waals surface area contributed by atoms with Gasteiger partial charge in [0.25, 0.3) is 0 Å². The average Bonchev–Trinajstić information content (AvgIpc) is 2.85. The maximum absolute atomic E-state index is 12.8. The number of amidine groups is 1. The van der Waals surface area contributed by atoms with E-state index in [4.69, 9.17) is 15.9 Å². The molecule has 4 N–H and O–H groups in total. The third-order valence-electron chi connectivity index (χ3n) is 7.65. The van der Waals surface area contributed by atoms with Crippen LogP contribution in [-0.2, 0) is 14.3 Å². The van der Waals surface area contributed by atoms with Gasteiger partial charge in [0.05, 0.1) is 5.92 Å². The largest absolute Gasteiger partial charge is 0.462 e. The van der Waals surface area contributed by atoms with E-state index in [0.29, 0.717) is 0 Å². The Labute approximate surface area is 196 Å². The molecule has 0 radical (unpaired) electrons. The van der Waals surface area contributed by atoms with Crippen LogP contribution in [0.5, 0.6) is 0 Å². The molecule has 33 heavy (non-hydrogen) atoms. The van der Waals surface area contributed by atoms with Crippen LogP contribution in [0.4, 0.5) is 5.69 Å². The summed E-state index contributed by atoms with van der Waals surface area (Å²) in [6.07, 6.45) is 10.8. The van der Waals surface area contributed by atoms with E-state index in [2.05, 4.69) is 10.2 Å². The number of piperidine rings is 1. The summed E-state index contributed by atoms with van der Waals surface area (Å²) in [5.74, 6) is 0.265. The third kappa shape index (κ3) is 6.27. The zero-order valence-electron chi connectivity index (χ0n) is 19.6. The highest BCUT2D eigenvalue weighted by Gasteiger charge is 2.32. The quantitative estimate of drug-likeness (QED) is 0.345. The van der Waals surface area contributed by atoms with Gasteiger partial charge < -0.3 is 20.7 Å². The van der Waals surface area contributed by atoms with Gasteiger partial charge in [0.2, 0.25) is 5.91 Å². The number of esters is 1. The normalized spacial score (nSPS) is 24.8. The number of hydrogen-bond donors (Lipinski definition) is 3. The first-order chi connectivity index (χ1) is 16.0. The first kappa shape index (κ1) is 23.6. The molecule has 0 unspecified atom stereocenters. The molecule has 4 rings (SSSR count). The van der Waals surface area contributed by atoms with Crippen molar-refractivity contribution in [2.45, 2.75) is 82.8 Å². The third-order valence-corrected chi connectivity index (χ3v) is 7.65. The molecule has 3 fully saturated rings. The van der Waals surface area contributed by atoms with Gasteiger partial charge >= 0.3 is 5.97 Å². The van der Waals surface area contributed by atoms with Crippen LogP contribution >= 0.6 is 0 Å². The van der Waals surface area contributed by atoms with Crippen LogP contribution in [0, 0.1) is 17.2 Å². The summed E-state index contributed by atoms with van der Waals surface area (Å²) in [5, 5.41) is 10.8. The first-order valence-electron chi connectivity index (χ1n) is 12.7. The number of nitrogens with one attached hydrogen (secondary N) is 2. The summed E-state index contributed by atoms with van der Waals surface area (Å²) in [6.45, 7) is 1.69. The molecule has 180 valence electrons. The van der Waals surface area contributed by atoms with Gasteiger partial charge in [0.15, 0.2) is 0 Å². The minimum Gasteiger partial charge on any atom is -0.462 e. The van der Waals surface area contributed by atoms with Crippen molar-refractivity contribution in [1.82, 2.24) is 5.32 Å². The van der Waals surface area contributed by atoms with E-state index in [1.165, 1.54) is 19.3 Å². The van der Waals surface area contributed by atoms with Crippen LogP contribution in [0.15, 0.2) is 24.3 Å². The Hall–Kier alpha value is -2.57. The number of nitrogen functional groups attached to an aromatic ring is 1.